The van der Waals surface area contributed by atoms with E-state index in [1.807, 2.05) is 6.07 Å². The number of furan rings is 2. The molecule has 0 radical (unpaired) electrons. The van der Waals surface area contributed by atoms with Crippen LogP contribution in [0.25, 0.3) is 104 Å². The maximum Gasteiger partial charge on any atom is 0.143 e. The number of anilines is 3. The molecule has 0 amide bonds. The Morgan fingerprint density at radius 3 is 1.92 bits per heavy atom. The van der Waals surface area contributed by atoms with Crippen molar-refractivity contribution in [1.29, 1.82) is 0 Å². The van der Waals surface area contributed by atoms with Crippen molar-refractivity contribution >= 4 is 93.5 Å². The summed E-state index contributed by atoms with van der Waals surface area (Å²) in [7, 11) is 0. The van der Waals surface area contributed by atoms with Crippen LogP contribution in [0.15, 0.2) is 227 Å². The minimum Gasteiger partial charge on any atom is -0.456 e. The number of hydrogen-bond acceptors (Lipinski definition) is 3. The van der Waals surface area contributed by atoms with E-state index in [0.717, 1.165) is 94.1 Å². The second-order valence-corrected chi connectivity index (χ2v) is 16.0. The Morgan fingerprint density at radius 2 is 1.00 bits per heavy atom. The molecule has 290 valence electrons. The van der Waals surface area contributed by atoms with Crippen LogP contribution < -0.4 is 4.90 Å². The zero-order valence-corrected chi connectivity index (χ0v) is 33.5. The van der Waals surface area contributed by atoms with Gasteiger partial charge < -0.3 is 18.3 Å². The lowest BCUT2D eigenvalue weighted by molar-refractivity contribution is 0.669. The Balaban J connectivity index is 1.09. The largest absolute Gasteiger partial charge is 0.456 e. The fourth-order valence-corrected chi connectivity index (χ4v) is 9.95. The van der Waals surface area contributed by atoms with Crippen LogP contribution in [0.3, 0.4) is 0 Å². The summed E-state index contributed by atoms with van der Waals surface area (Å²) < 4.78 is 15.6. The Labute approximate surface area is 356 Å². The van der Waals surface area contributed by atoms with Gasteiger partial charge in [-0.2, -0.15) is 0 Å². The fourth-order valence-electron chi connectivity index (χ4n) is 9.95. The topological polar surface area (TPSA) is 34.5 Å². The van der Waals surface area contributed by atoms with Crippen LogP contribution in [0.1, 0.15) is 0 Å². The molecule has 0 aliphatic heterocycles. The Kier molecular flexibility index (Phi) is 7.57. The third kappa shape index (κ3) is 5.14. The van der Waals surface area contributed by atoms with Crippen LogP contribution in [0.4, 0.5) is 17.1 Å². The summed E-state index contributed by atoms with van der Waals surface area (Å²) in [4.78, 5) is 2.43. The van der Waals surface area contributed by atoms with Crippen LogP contribution in [0, 0.1) is 0 Å². The Bertz CT molecular complexity index is 3890. The molecule has 0 saturated carbocycles. The zero-order chi connectivity index (χ0) is 40.7. The number of rotatable bonds is 6. The first-order chi connectivity index (χ1) is 30.8. The van der Waals surface area contributed by atoms with Gasteiger partial charge in [0.05, 0.1) is 27.8 Å². The third-order valence-corrected chi connectivity index (χ3v) is 12.6. The van der Waals surface area contributed by atoms with E-state index < -0.39 is 0 Å². The second-order valence-electron chi connectivity index (χ2n) is 16.0. The van der Waals surface area contributed by atoms with Crippen LogP contribution in [-0.2, 0) is 0 Å². The van der Waals surface area contributed by atoms with Gasteiger partial charge in [0.2, 0.25) is 0 Å². The SMILES string of the molecule is c1ccc(-n2c3ccccc3c3c(-c4cccc(N(c5ccccc5-c5cccc6oc7ccccc7c56)c5cccc6oc7c8ccccc8ccc7c56)c4)cccc32)cc1. The van der Waals surface area contributed by atoms with Gasteiger partial charge in [0.1, 0.15) is 22.3 Å². The quantitative estimate of drug-likeness (QED) is 0.168. The van der Waals surface area contributed by atoms with Crippen molar-refractivity contribution in [1.82, 2.24) is 4.57 Å². The highest BCUT2D eigenvalue weighted by molar-refractivity contribution is 6.21. The first-order valence-corrected chi connectivity index (χ1v) is 21.1. The van der Waals surface area contributed by atoms with Crippen molar-refractivity contribution in [3.05, 3.63) is 218 Å². The maximum absolute atomic E-state index is 6.82. The molecular weight excluding hydrogens is 757 g/mol. The van der Waals surface area contributed by atoms with Gasteiger partial charge >= 0.3 is 0 Å². The Hall–Kier alpha value is -8.34. The predicted octanol–water partition coefficient (Wildman–Crippen LogP) is 16.5. The molecule has 0 aliphatic carbocycles. The van der Waals surface area contributed by atoms with Gasteiger partial charge in [0.15, 0.2) is 0 Å². The van der Waals surface area contributed by atoms with Gasteiger partial charge in [-0.05, 0) is 94.9 Å². The highest BCUT2D eigenvalue weighted by Crippen LogP contribution is 2.49. The van der Waals surface area contributed by atoms with E-state index in [1.165, 1.54) is 27.4 Å². The van der Waals surface area contributed by atoms with Crippen molar-refractivity contribution in [2.75, 3.05) is 4.90 Å². The highest BCUT2D eigenvalue weighted by atomic mass is 16.3. The van der Waals surface area contributed by atoms with Gasteiger partial charge in [-0.1, -0.05) is 146 Å². The van der Waals surface area contributed by atoms with Crippen LogP contribution in [-0.4, -0.2) is 4.57 Å². The molecule has 3 heterocycles. The van der Waals surface area contributed by atoms with Crippen molar-refractivity contribution in [2.45, 2.75) is 0 Å². The first-order valence-electron chi connectivity index (χ1n) is 21.1. The summed E-state index contributed by atoms with van der Waals surface area (Å²) >= 11 is 0. The van der Waals surface area contributed by atoms with Gasteiger partial charge in [-0.15, -0.1) is 0 Å². The first kappa shape index (κ1) is 34.5. The molecule has 3 aromatic heterocycles. The summed E-state index contributed by atoms with van der Waals surface area (Å²) in [5.74, 6) is 0. The maximum atomic E-state index is 6.82. The van der Waals surface area contributed by atoms with E-state index in [9.17, 15) is 0 Å². The molecule has 62 heavy (non-hydrogen) atoms. The minimum atomic E-state index is 0.842. The van der Waals surface area contributed by atoms with Gasteiger partial charge in [-0.25, -0.2) is 0 Å². The summed E-state index contributed by atoms with van der Waals surface area (Å²) in [6, 6.07) is 78.0. The van der Waals surface area contributed by atoms with E-state index in [0.29, 0.717) is 0 Å². The van der Waals surface area contributed by atoms with Crippen molar-refractivity contribution in [2.24, 2.45) is 0 Å². The van der Waals surface area contributed by atoms with E-state index in [-0.39, 0.29) is 0 Å². The molecular formula is C58H36N2O2. The van der Waals surface area contributed by atoms with E-state index in [2.05, 4.69) is 222 Å². The van der Waals surface area contributed by atoms with E-state index in [1.54, 1.807) is 0 Å². The second kappa shape index (κ2) is 13.6. The fraction of sp³-hybridized carbons (Fsp3) is 0. The lowest BCUT2D eigenvalue weighted by atomic mass is 9.95. The molecule has 13 aromatic rings. The normalized spacial score (nSPS) is 11.9. The van der Waals surface area contributed by atoms with Crippen LogP contribution in [0.5, 0.6) is 0 Å². The molecule has 0 bridgehead atoms. The third-order valence-electron chi connectivity index (χ3n) is 12.6. The number of hydrogen-bond donors (Lipinski definition) is 0. The molecule has 0 spiro atoms. The summed E-state index contributed by atoms with van der Waals surface area (Å²) in [5.41, 5.74) is 14.6. The van der Waals surface area contributed by atoms with Crippen molar-refractivity contribution in [3.8, 4) is 27.9 Å². The minimum absolute atomic E-state index is 0.842. The van der Waals surface area contributed by atoms with E-state index in [4.69, 9.17) is 8.83 Å². The number of benzene rings is 10. The number of fused-ring (bicyclic) bond motifs is 11. The van der Waals surface area contributed by atoms with Crippen molar-refractivity contribution < 1.29 is 8.83 Å². The molecule has 4 heteroatoms. The molecule has 0 saturated heterocycles. The monoisotopic (exact) mass is 792 g/mol. The van der Waals surface area contributed by atoms with Crippen LogP contribution >= 0.6 is 0 Å². The summed E-state index contributed by atoms with van der Waals surface area (Å²) in [5, 5.41) is 9.04. The molecule has 13 rings (SSSR count). The number of nitrogens with zero attached hydrogens (tertiary/aromatic N) is 2. The van der Waals surface area contributed by atoms with Gasteiger partial charge in [0.25, 0.3) is 0 Å². The smallest absolute Gasteiger partial charge is 0.143 e. The van der Waals surface area contributed by atoms with Gasteiger partial charge in [-0.3, -0.25) is 0 Å². The standard InChI is InChI=1S/C58H36N2O2/c1-2-18-39(19-3-1)59-49-28-10-7-23-45(49)55-41(25-13-29-50(55)59)38-17-12-20-40(36-38)60(51-30-15-33-54-57(51)47-35-34-37-16-4-5-21-42(37)58(47)62-54)48-27-9-6-22-43(48)44-26-14-32-53-56(44)46-24-8-11-31-52(46)61-53/h1-36H. The summed E-state index contributed by atoms with van der Waals surface area (Å²) in [6.07, 6.45) is 0. The lowest BCUT2D eigenvalue weighted by Gasteiger charge is -2.29. The average Bonchev–Trinajstić information content (AvgIpc) is 4.03. The average molecular weight is 793 g/mol. The lowest BCUT2D eigenvalue weighted by Crippen LogP contribution is -2.11. The zero-order valence-electron chi connectivity index (χ0n) is 33.5. The van der Waals surface area contributed by atoms with Gasteiger partial charge in [0, 0.05) is 49.3 Å². The molecule has 10 aromatic carbocycles. The summed E-state index contributed by atoms with van der Waals surface area (Å²) in [6.45, 7) is 0. The van der Waals surface area contributed by atoms with E-state index >= 15 is 0 Å². The molecule has 0 N–H and O–H groups in total. The number of aromatic nitrogens is 1. The Morgan fingerprint density at radius 1 is 0.355 bits per heavy atom. The molecule has 0 fully saturated rings. The van der Waals surface area contributed by atoms with Crippen LogP contribution in [0.2, 0.25) is 0 Å². The predicted molar refractivity (Wildman–Crippen MR) is 258 cm³/mol. The van der Waals surface area contributed by atoms with Crippen molar-refractivity contribution in [3.63, 3.8) is 0 Å². The molecule has 0 atom stereocenters. The number of para-hydroxylation sites is 4. The molecule has 0 unspecified atom stereocenters. The molecule has 0 aliphatic rings. The highest BCUT2D eigenvalue weighted by Gasteiger charge is 2.25. The molecule has 4 nitrogen and oxygen atoms in total.